The fourth-order valence-electron chi connectivity index (χ4n) is 3.19. The van der Waals surface area contributed by atoms with Crippen LogP contribution in [0.1, 0.15) is 51.4 Å². The van der Waals surface area contributed by atoms with Gasteiger partial charge in [-0.2, -0.15) is 5.26 Å². The van der Waals surface area contributed by atoms with Crippen LogP contribution >= 0.6 is 0 Å². The molecule has 1 saturated heterocycles. The number of hydrogen-bond acceptors (Lipinski definition) is 3. The zero-order valence-corrected chi connectivity index (χ0v) is 13.8. The molecule has 2 heterocycles. The van der Waals surface area contributed by atoms with E-state index in [1.807, 2.05) is 4.90 Å². The van der Waals surface area contributed by atoms with Gasteiger partial charge in [-0.3, -0.25) is 4.79 Å². The SMILES string of the molecule is CC(C)Cc1c(N)cc(C#N)n1CC(=O)N1CCCC[C@H]1C. The van der Waals surface area contributed by atoms with E-state index in [1.165, 1.54) is 6.42 Å². The number of rotatable bonds is 4. The number of nitrogens with zero attached hydrogens (tertiary/aromatic N) is 3. The predicted molar refractivity (Wildman–Crippen MR) is 87.1 cm³/mol. The Morgan fingerprint density at radius 3 is 2.82 bits per heavy atom. The quantitative estimate of drug-likeness (QED) is 0.928. The van der Waals surface area contributed by atoms with E-state index >= 15 is 0 Å². The van der Waals surface area contributed by atoms with Crippen molar-refractivity contribution in [3.63, 3.8) is 0 Å². The van der Waals surface area contributed by atoms with Crippen LogP contribution in [0.15, 0.2) is 6.07 Å². The molecule has 2 N–H and O–H groups in total. The van der Waals surface area contributed by atoms with E-state index in [0.717, 1.165) is 31.5 Å². The minimum Gasteiger partial charge on any atom is -0.397 e. The van der Waals surface area contributed by atoms with Crippen LogP contribution in [0.25, 0.3) is 0 Å². The first-order valence-electron chi connectivity index (χ1n) is 8.11. The van der Waals surface area contributed by atoms with Crippen molar-refractivity contribution >= 4 is 11.6 Å². The number of hydrogen-bond donors (Lipinski definition) is 1. The van der Waals surface area contributed by atoms with Crippen LogP contribution in [-0.4, -0.2) is 28.0 Å². The number of nitriles is 1. The van der Waals surface area contributed by atoms with Crippen LogP contribution < -0.4 is 5.73 Å². The summed E-state index contributed by atoms with van der Waals surface area (Å²) in [6.45, 7) is 7.35. The number of aromatic nitrogens is 1. The molecule has 0 aliphatic carbocycles. The van der Waals surface area contributed by atoms with Crippen molar-refractivity contribution < 1.29 is 4.79 Å². The molecule has 0 unspecified atom stereocenters. The van der Waals surface area contributed by atoms with Gasteiger partial charge in [-0.15, -0.1) is 0 Å². The Balaban J connectivity index is 2.24. The summed E-state index contributed by atoms with van der Waals surface area (Å²) in [4.78, 5) is 14.6. The van der Waals surface area contributed by atoms with Crippen LogP contribution in [0.3, 0.4) is 0 Å². The summed E-state index contributed by atoms with van der Waals surface area (Å²) in [5.41, 5.74) is 8.05. The largest absolute Gasteiger partial charge is 0.397 e. The third-order valence-electron chi connectivity index (χ3n) is 4.37. The Labute approximate surface area is 132 Å². The smallest absolute Gasteiger partial charge is 0.242 e. The van der Waals surface area contributed by atoms with Gasteiger partial charge in [-0.05, 0) is 44.6 Å². The zero-order valence-electron chi connectivity index (χ0n) is 13.8. The average Bonchev–Trinajstić information content (AvgIpc) is 2.75. The third kappa shape index (κ3) is 3.44. The number of carbonyl (C=O) groups excluding carboxylic acids is 1. The summed E-state index contributed by atoms with van der Waals surface area (Å²) in [6, 6.07) is 4.13. The molecule has 5 nitrogen and oxygen atoms in total. The number of anilines is 1. The maximum absolute atomic E-state index is 12.6. The number of nitrogens with two attached hydrogens (primary N) is 1. The van der Waals surface area contributed by atoms with Gasteiger partial charge in [0, 0.05) is 18.3 Å². The molecule has 0 spiro atoms. The van der Waals surface area contributed by atoms with Gasteiger partial charge in [-0.1, -0.05) is 13.8 Å². The molecule has 0 bridgehead atoms. The van der Waals surface area contributed by atoms with E-state index in [4.69, 9.17) is 5.73 Å². The average molecular weight is 302 g/mol. The van der Waals surface area contributed by atoms with E-state index in [1.54, 1.807) is 10.6 Å². The molecule has 0 radical (unpaired) electrons. The molecule has 1 amide bonds. The molecule has 22 heavy (non-hydrogen) atoms. The fourth-order valence-corrected chi connectivity index (χ4v) is 3.19. The van der Waals surface area contributed by atoms with Crippen LogP contribution in [0.4, 0.5) is 5.69 Å². The standard InChI is InChI=1S/C17H26N4O/c1-12(2)8-16-15(19)9-14(10-18)21(16)11-17(22)20-7-5-4-6-13(20)3/h9,12-13H,4-8,11,19H2,1-3H3/t13-/m1/s1. The van der Waals surface area contributed by atoms with Crippen LogP contribution in [0.5, 0.6) is 0 Å². The normalized spacial score (nSPS) is 18.5. The first kappa shape index (κ1) is 16.4. The molecule has 0 aromatic carbocycles. The second-order valence-corrected chi connectivity index (χ2v) is 6.66. The highest BCUT2D eigenvalue weighted by molar-refractivity contribution is 5.77. The minimum atomic E-state index is 0.0873. The van der Waals surface area contributed by atoms with Gasteiger partial charge in [0.25, 0.3) is 0 Å². The van der Waals surface area contributed by atoms with Crippen molar-refractivity contribution in [2.24, 2.45) is 5.92 Å². The first-order valence-corrected chi connectivity index (χ1v) is 8.11. The second kappa shape index (κ2) is 6.87. The van der Waals surface area contributed by atoms with Gasteiger partial charge in [0.15, 0.2) is 0 Å². The molecule has 1 aliphatic heterocycles. The lowest BCUT2D eigenvalue weighted by Crippen LogP contribution is -2.43. The van der Waals surface area contributed by atoms with Crippen LogP contribution in [0, 0.1) is 17.2 Å². The molecule has 1 fully saturated rings. The van der Waals surface area contributed by atoms with Crippen molar-refractivity contribution in [1.29, 1.82) is 5.26 Å². The van der Waals surface area contributed by atoms with Gasteiger partial charge in [0.2, 0.25) is 5.91 Å². The van der Waals surface area contributed by atoms with Crippen molar-refractivity contribution in [2.75, 3.05) is 12.3 Å². The molecule has 1 aromatic rings. The summed E-state index contributed by atoms with van der Waals surface area (Å²) in [6.07, 6.45) is 4.08. The fraction of sp³-hybridized carbons (Fsp3) is 0.647. The van der Waals surface area contributed by atoms with Gasteiger partial charge < -0.3 is 15.2 Å². The van der Waals surface area contributed by atoms with Gasteiger partial charge >= 0.3 is 0 Å². The molecule has 1 aliphatic rings. The second-order valence-electron chi connectivity index (χ2n) is 6.66. The number of nitrogen functional groups attached to an aromatic ring is 1. The van der Waals surface area contributed by atoms with Gasteiger partial charge in [0.1, 0.15) is 18.3 Å². The molecule has 5 heteroatoms. The topological polar surface area (TPSA) is 75.0 Å². The van der Waals surface area contributed by atoms with E-state index in [0.29, 0.717) is 17.3 Å². The lowest BCUT2D eigenvalue weighted by atomic mass is 10.0. The molecule has 0 saturated carbocycles. The molecular formula is C17H26N4O. The number of carbonyl (C=O) groups is 1. The molecule has 1 aromatic heterocycles. The summed E-state index contributed by atoms with van der Waals surface area (Å²) < 4.78 is 1.80. The van der Waals surface area contributed by atoms with E-state index < -0.39 is 0 Å². The van der Waals surface area contributed by atoms with E-state index in [9.17, 15) is 10.1 Å². The van der Waals surface area contributed by atoms with E-state index in [-0.39, 0.29) is 18.5 Å². The maximum atomic E-state index is 12.6. The van der Waals surface area contributed by atoms with Crippen molar-refractivity contribution in [1.82, 2.24) is 9.47 Å². The van der Waals surface area contributed by atoms with Crippen molar-refractivity contribution in [3.05, 3.63) is 17.5 Å². The lowest BCUT2D eigenvalue weighted by Gasteiger charge is -2.33. The van der Waals surface area contributed by atoms with E-state index in [2.05, 4.69) is 26.8 Å². The summed E-state index contributed by atoms with van der Waals surface area (Å²) in [7, 11) is 0. The predicted octanol–water partition coefficient (Wildman–Crippen LogP) is 2.54. The zero-order chi connectivity index (χ0) is 16.3. The molecule has 1 atom stereocenters. The maximum Gasteiger partial charge on any atom is 0.242 e. The Kier molecular flexibility index (Phi) is 5.12. The first-order chi connectivity index (χ1) is 10.4. The Morgan fingerprint density at radius 1 is 1.50 bits per heavy atom. The summed E-state index contributed by atoms with van der Waals surface area (Å²) in [5, 5.41) is 9.31. The van der Waals surface area contributed by atoms with Crippen molar-refractivity contribution in [3.8, 4) is 6.07 Å². The highest BCUT2D eigenvalue weighted by Crippen LogP contribution is 2.23. The van der Waals surface area contributed by atoms with Crippen LogP contribution in [-0.2, 0) is 17.8 Å². The summed E-state index contributed by atoms with van der Waals surface area (Å²) >= 11 is 0. The number of amides is 1. The molecule has 2 rings (SSSR count). The Morgan fingerprint density at radius 2 is 2.23 bits per heavy atom. The lowest BCUT2D eigenvalue weighted by molar-refractivity contribution is -0.135. The molecule has 120 valence electrons. The third-order valence-corrected chi connectivity index (χ3v) is 4.37. The summed E-state index contributed by atoms with van der Waals surface area (Å²) in [5.74, 6) is 0.510. The molecular weight excluding hydrogens is 276 g/mol. The highest BCUT2D eigenvalue weighted by atomic mass is 16.2. The van der Waals surface area contributed by atoms with Crippen LogP contribution in [0.2, 0.25) is 0 Å². The Hall–Kier alpha value is -1.96. The number of piperidine rings is 1. The highest BCUT2D eigenvalue weighted by Gasteiger charge is 2.25. The van der Waals surface area contributed by atoms with Gasteiger partial charge in [0.05, 0.1) is 5.69 Å². The monoisotopic (exact) mass is 302 g/mol. The Bertz CT molecular complexity index is 582. The van der Waals surface area contributed by atoms with Crippen molar-refractivity contribution in [2.45, 2.75) is 59.0 Å². The number of likely N-dealkylation sites (tertiary alicyclic amines) is 1. The van der Waals surface area contributed by atoms with Gasteiger partial charge in [-0.25, -0.2) is 0 Å². The minimum absolute atomic E-state index is 0.0873.